The molecule has 0 aliphatic rings. The Morgan fingerprint density at radius 1 is 1.28 bits per heavy atom. The van der Waals surface area contributed by atoms with Crippen LogP contribution < -0.4 is 10.5 Å². The normalized spacial score (nSPS) is 12.5. The maximum atomic E-state index is 6.16. The van der Waals surface area contributed by atoms with Crippen molar-refractivity contribution in [1.82, 2.24) is 0 Å². The first-order valence-corrected chi connectivity index (χ1v) is 6.61. The molecule has 3 nitrogen and oxygen atoms in total. The molecule has 0 radical (unpaired) electrons. The van der Waals surface area contributed by atoms with E-state index in [9.17, 15) is 0 Å². The van der Waals surface area contributed by atoms with Gasteiger partial charge < -0.3 is 14.9 Å². The lowest BCUT2D eigenvalue weighted by Gasteiger charge is -2.13. The van der Waals surface area contributed by atoms with E-state index in [0.29, 0.717) is 31.8 Å². The van der Waals surface area contributed by atoms with Crippen molar-refractivity contribution in [3.05, 3.63) is 50.3 Å². The van der Waals surface area contributed by atoms with E-state index >= 15 is 0 Å². The molecule has 1 atom stereocenters. The molecule has 1 unspecified atom stereocenters. The molecule has 0 aliphatic carbocycles. The third-order valence-electron chi connectivity index (χ3n) is 2.51. The summed E-state index contributed by atoms with van der Waals surface area (Å²) in [4.78, 5) is 0. The van der Waals surface area contributed by atoms with Crippen LogP contribution in [0.4, 0.5) is 0 Å². The van der Waals surface area contributed by atoms with Crippen LogP contribution in [0.1, 0.15) is 17.4 Å². The molecule has 0 bridgehead atoms. The van der Waals surface area contributed by atoms with Crippen molar-refractivity contribution >= 4 is 39.1 Å². The molecule has 0 spiro atoms. The van der Waals surface area contributed by atoms with Gasteiger partial charge in [-0.1, -0.05) is 23.2 Å². The molecular weight excluding hydrogens is 341 g/mol. The lowest BCUT2D eigenvalue weighted by Crippen LogP contribution is -2.11. The van der Waals surface area contributed by atoms with Crippen LogP contribution in [-0.4, -0.2) is 7.11 Å². The smallest absolute Gasteiger partial charge is 0.169 e. The lowest BCUT2D eigenvalue weighted by molar-refractivity contribution is 0.414. The molecular formula is C12H10BrCl2NO2. The highest BCUT2D eigenvalue weighted by Crippen LogP contribution is 2.35. The zero-order valence-corrected chi connectivity index (χ0v) is 12.5. The van der Waals surface area contributed by atoms with E-state index in [-0.39, 0.29) is 0 Å². The molecule has 0 saturated heterocycles. The Hall–Kier alpha value is -0.680. The molecule has 96 valence electrons. The highest BCUT2D eigenvalue weighted by atomic mass is 79.9. The molecule has 1 aromatic heterocycles. The minimum absolute atomic E-state index is 0.456. The number of rotatable bonds is 3. The quantitative estimate of drug-likeness (QED) is 0.892. The van der Waals surface area contributed by atoms with Crippen LogP contribution in [0.5, 0.6) is 5.75 Å². The van der Waals surface area contributed by atoms with Crippen molar-refractivity contribution in [2.75, 3.05) is 7.11 Å². The van der Waals surface area contributed by atoms with E-state index < -0.39 is 6.04 Å². The third kappa shape index (κ3) is 2.67. The van der Waals surface area contributed by atoms with Gasteiger partial charge in [-0.2, -0.15) is 0 Å². The molecule has 1 heterocycles. The lowest BCUT2D eigenvalue weighted by atomic mass is 10.1. The number of hydrogen-bond acceptors (Lipinski definition) is 3. The number of furan rings is 1. The van der Waals surface area contributed by atoms with Gasteiger partial charge in [-0.15, -0.1) is 0 Å². The second-order valence-electron chi connectivity index (χ2n) is 3.63. The van der Waals surface area contributed by atoms with Crippen LogP contribution in [0.2, 0.25) is 10.0 Å². The van der Waals surface area contributed by atoms with Crippen molar-refractivity contribution in [3.8, 4) is 5.75 Å². The number of methoxy groups -OCH3 is 1. The predicted molar refractivity (Wildman–Crippen MR) is 75.5 cm³/mol. The Morgan fingerprint density at radius 3 is 2.56 bits per heavy atom. The predicted octanol–water partition coefficient (Wildman–Crippen LogP) is 4.41. The highest BCUT2D eigenvalue weighted by molar-refractivity contribution is 9.10. The fourth-order valence-corrected chi connectivity index (χ4v) is 2.43. The zero-order valence-electron chi connectivity index (χ0n) is 9.41. The van der Waals surface area contributed by atoms with Crippen molar-refractivity contribution in [2.45, 2.75) is 6.04 Å². The molecule has 2 aromatic rings. The van der Waals surface area contributed by atoms with Crippen LogP contribution >= 0.6 is 39.1 Å². The second-order valence-corrected chi connectivity index (χ2v) is 5.22. The molecule has 18 heavy (non-hydrogen) atoms. The molecule has 1 aromatic carbocycles. The Kier molecular flexibility index (Phi) is 4.22. The van der Waals surface area contributed by atoms with E-state index in [1.54, 1.807) is 24.3 Å². The fraction of sp³-hybridized carbons (Fsp3) is 0.167. The molecule has 0 fully saturated rings. The monoisotopic (exact) mass is 349 g/mol. The zero-order chi connectivity index (χ0) is 13.3. The van der Waals surface area contributed by atoms with Crippen LogP contribution in [0.25, 0.3) is 0 Å². The van der Waals surface area contributed by atoms with E-state index in [4.69, 9.17) is 38.1 Å². The van der Waals surface area contributed by atoms with Crippen LogP contribution in [-0.2, 0) is 0 Å². The molecule has 6 heteroatoms. The van der Waals surface area contributed by atoms with Crippen LogP contribution in [0, 0.1) is 0 Å². The Bertz CT molecular complexity index is 571. The van der Waals surface area contributed by atoms with Gasteiger partial charge in [0.1, 0.15) is 11.5 Å². The number of ether oxygens (including phenoxy) is 1. The summed E-state index contributed by atoms with van der Waals surface area (Å²) in [6.07, 6.45) is 0. The van der Waals surface area contributed by atoms with E-state index in [2.05, 4.69) is 15.9 Å². The summed E-state index contributed by atoms with van der Waals surface area (Å²) in [5.74, 6) is 1.11. The Morgan fingerprint density at radius 2 is 2.00 bits per heavy atom. The van der Waals surface area contributed by atoms with Gasteiger partial charge in [0.15, 0.2) is 4.67 Å². The first-order chi connectivity index (χ1) is 8.52. The largest absolute Gasteiger partial charge is 0.495 e. The number of benzene rings is 1. The third-order valence-corrected chi connectivity index (χ3v) is 3.56. The van der Waals surface area contributed by atoms with Crippen molar-refractivity contribution < 1.29 is 9.15 Å². The first-order valence-electron chi connectivity index (χ1n) is 5.06. The Balaban J connectivity index is 2.42. The average Bonchev–Trinajstić information content (AvgIpc) is 2.77. The van der Waals surface area contributed by atoms with Gasteiger partial charge in [-0.3, -0.25) is 0 Å². The van der Waals surface area contributed by atoms with Crippen LogP contribution in [0.15, 0.2) is 33.4 Å². The van der Waals surface area contributed by atoms with Gasteiger partial charge in [0.25, 0.3) is 0 Å². The van der Waals surface area contributed by atoms with Gasteiger partial charge in [0.2, 0.25) is 0 Å². The van der Waals surface area contributed by atoms with Gasteiger partial charge in [-0.05, 0) is 39.7 Å². The summed E-state index contributed by atoms with van der Waals surface area (Å²) in [7, 11) is 1.53. The Labute approximate surface area is 123 Å². The highest BCUT2D eigenvalue weighted by Gasteiger charge is 2.18. The summed E-state index contributed by atoms with van der Waals surface area (Å²) in [6, 6.07) is 6.39. The van der Waals surface area contributed by atoms with Crippen molar-refractivity contribution in [2.24, 2.45) is 5.73 Å². The van der Waals surface area contributed by atoms with E-state index in [1.807, 2.05) is 0 Å². The van der Waals surface area contributed by atoms with Gasteiger partial charge in [0, 0.05) is 11.1 Å². The van der Waals surface area contributed by atoms with Gasteiger partial charge in [0.05, 0.1) is 18.2 Å². The number of hydrogen-bond donors (Lipinski definition) is 1. The summed E-state index contributed by atoms with van der Waals surface area (Å²) in [5, 5.41) is 0.939. The standard InChI is InChI=1S/C12H10BrCl2NO2/c1-17-10-5-7(14)6(4-8(10)15)12(16)9-2-3-11(13)18-9/h2-5,12H,16H2,1H3. The first kappa shape index (κ1) is 13.7. The van der Waals surface area contributed by atoms with Crippen molar-refractivity contribution in [3.63, 3.8) is 0 Å². The summed E-state index contributed by atoms with van der Waals surface area (Å²) < 4.78 is 11.1. The van der Waals surface area contributed by atoms with Crippen molar-refractivity contribution in [1.29, 1.82) is 0 Å². The summed E-state index contributed by atoms with van der Waals surface area (Å²) >= 11 is 15.4. The van der Waals surface area contributed by atoms with Gasteiger partial charge in [-0.25, -0.2) is 0 Å². The minimum atomic E-state index is -0.479. The molecule has 2 rings (SSSR count). The minimum Gasteiger partial charge on any atom is -0.495 e. The molecule has 2 N–H and O–H groups in total. The maximum Gasteiger partial charge on any atom is 0.169 e. The van der Waals surface area contributed by atoms with Crippen LogP contribution in [0.3, 0.4) is 0 Å². The molecule has 0 amide bonds. The van der Waals surface area contributed by atoms with Gasteiger partial charge >= 0.3 is 0 Å². The topological polar surface area (TPSA) is 48.4 Å². The van der Waals surface area contributed by atoms with E-state index in [1.165, 1.54) is 7.11 Å². The number of halogens is 3. The molecule has 0 saturated carbocycles. The van der Waals surface area contributed by atoms with E-state index in [0.717, 1.165) is 0 Å². The number of nitrogens with two attached hydrogens (primary N) is 1. The second kappa shape index (κ2) is 5.53. The fourth-order valence-electron chi connectivity index (χ4n) is 1.59. The average molecular weight is 351 g/mol. The molecule has 0 aliphatic heterocycles. The summed E-state index contributed by atoms with van der Waals surface area (Å²) in [5.41, 5.74) is 6.78. The summed E-state index contributed by atoms with van der Waals surface area (Å²) in [6.45, 7) is 0. The maximum absolute atomic E-state index is 6.16. The SMILES string of the molecule is COc1cc(Cl)c(C(N)c2ccc(Br)o2)cc1Cl.